The molecule has 0 spiro atoms. The molecule has 10 nitrogen and oxygen atoms in total. The van der Waals surface area contributed by atoms with E-state index in [0.29, 0.717) is 10.4 Å². The third kappa shape index (κ3) is 6.95. The summed E-state index contributed by atoms with van der Waals surface area (Å²) < 4.78 is 0. The van der Waals surface area contributed by atoms with Crippen molar-refractivity contribution in [3.63, 3.8) is 0 Å². The number of carboxylic acids is 1. The average molecular weight is 518 g/mol. The largest absolute Gasteiger partial charge is 0.508 e. The Bertz CT molecular complexity index is 1240. The van der Waals surface area contributed by atoms with Crippen LogP contribution in [0.2, 0.25) is 5.02 Å². The van der Waals surface area contributed by atoms with Crippen LogP contribution in [0.1, 0.15) is 36.0 Å². The highest BCUT2D eigenvalue weighted by Gasteiger charge is 2.23. The molecule has 3 amide bonds. The molecule has 0 bridgehead atoms. The number of hydrogen-bond acceptors (Lipinski definition) is 7. The fourth-order valence-corrected chi connectivity index (χ4v) is 3.92. The molecule has 2 aromatic carbocycles. The van der Waals surface area contributed by atoms with Gasteiger partial charge in [-0.15, -0.1) is 11.3 Å². The average Bonchev–Trinajstić information content (AvgIpc) is 3.34. The molecule has 0 fully saturated rings. The molecule has 1 heterocycles. The van der Waals surface area contributed by atoms with Crippen molar-refractivity contribution in [3.05, 3.63) is 80.5 Å². The van der Waals surface area contributed by atoms with Crippen LogP contribution in [0, 0.1) is 0 Å². The van der Waals surface area contributed by atoms with Crippen LogP contribution in [0.25, 0.3) is 0 Å². The second kappa shape index (κ2) is 11.4. The highest BCUT2D eigenvalue weighted by molar-refractivity contribution is 7.12. The number of carboxylic acid groups (broad SMARTS) is 1. The number of halogens is 1. The van der Waals surface area contributed by atoms with Crippen LogP contribution >= 0.6 is 22.9 Å². The molecule has 182 valence electrons. The number of hydrogen-bond donors (Lipinski definition) is 6. The predicted molar refractivity (Wildman–Crippen MR) is 128 cm³/mol. The molecule has 0 radical (unpaired) electrons. The first-order valence-electron chi connectivity index (χ1n) is 10.1. The molecule has 0 aliphatic carbocycles. The Morgan fingerprint density at radius 2 is 1.63 bits per heavy atom. The third-order valence-electron chi connectivity index (χ3n) is 4.71. The first kappa shape index (κ1) is 25.5. The predicted octanol–water partition coefficient (Wildman–Crippen LogP) is 2.36. The van der Waals surface area contributed by atoms with Crippen LogP contribution in [-0.2, 0) is 11.3 Å². The molecule has 3 aromatic rings. The Morgan fingerprint density at radius 3 is 2.23 bits per heavy atom. The van der Waals surface area contributed by atoms with Gasteiger partial charge in [0.15, 0.2) is 0 Å². The van der Waals surface area contributed by atoms with Crippen molar-refractivity contribution in [2.24, 2.45) is 0 Å². The van der Waals surface area contributed by atoms with Crippen LogP contribution < -0.4 is 16.0 Å². The van der Waals surface area contributed by atoms with E-state index < -0.39 is 29.7 Å². The Morgan fingerprint density at radius 1 is 0.914 bits per heavy atom. The van der Waals surface area contributed by atoms with Crippen molar-refractivity contribution >= 4 is 46.6 Å². The number of rotatable bonds is 9. The van der Waals surface area contributed by atoms with Gasteiger partial charge < -0.3 is 31.3 Å². The van der Waals surface area contributed by atoms with Gasteiger partial charge in [0.1, 0.15) is 17.5 Å². The molecule has 1 atom stereocenters. The molecule has 1 aromatic heterocycles. The fraction of sp³-hybridized carbons (Fsp3) is 0.130. The zero-order chi connectivity index (χ0) is 25.5. The second-order valence-corrected chi connectivity index (χ2v) is 8.64. The Labute approximate surface area is 208 Å². The lowest BCUT2D eigenvalue weighted by Crippen LogP contribution is -2.48. The van der Waals surface area contributed by atoms with E-state index in [4.69, 9.17) is 11.6 Å². The van der Waals surface area contributed by atoms with Crippen molar-refractivity contribution in [1.29, 1.82) is 0 Å². The second-order valence-electron chi connectivity index (χ2n) is 7.29. The van der Waals surface area contributed by atoms with Crippen molar-refractivity contribution in [2.75, 3.05) is 6.54 Å². The minimum absolute atomic E-state index is 0.0120. The van der Waals surface area contributed by atoms with E-state index in [9.17, 15) is 34.5 Å². The van der Waals surface area contributed by atoms with Crippen LogP contribution in [0.4, 0.5) is 0 Å². The lowest BCUT2D eigenvalue weighted by molar-refractivity contribution is -0.139. The maximum atomic E-state index is 12.6. The molecule has 0 aliphatic rings. The number of nitrogens with one attached hydrogen (secondary N) is 3. The molecular formula is C23H20ClN3O7S. The summed E-state index contributed by atoms with van der Waals surface area (Å²) in [6.45, 7) is -0.335. The lowest BCUT2D eigenvalue weighted by atomic mass is 10.1. The van der Waals surface area contributed by atoms with E-state index >= 15 is 0 Å². The molecular weight excluding hydrogens is 498 g/mol. The number of carbonyl (C=O) groups excluding carboxylic acids is 3. The summed E-state index contributed by atoms with van der Waals surface area (Å²) in [6, 6.07) is 9.62. The monoisotopic (exact) mass is 517 g/mol. The lowest BCUT2D eigenvalue weighted by Gasteiger charge is -2.16. The Kier molecular flexibility index (Phi) is 8.29. The number of thiophene rings is 1. The maximum absolute atomic E-state index is 12.6. The van der Waals surface area contributed by atoms with Gasteiger partial charge in [-0.3, -0.25) is 14.4 Å². The maximum Gasteiger partial charge on any atom is 0.328 e. The SMILES string of the molecule is O=C(NCc1cc(O)cc(O)c1)c1ccc(C(=O)NC(CNC(=O)c2cccs2)C(=O)O)c(Cl)c1. The molecule has 12 heteroatoms. The molecule has 0 saturated carbocycles. The minimum atomic E-state index is -1.41. The normalized spacial score (nSPS) is 11.3. The Hall–Kier alpha value is -4.09. The zero-order valence-electron chi connectivity index (χ0n) is 17.9. The fourth-order valence-electron chi connectivity index (χ4n) is 3.01. The van der Waals surface area contributed by atoms with E-state index in [1.807, 2.05) is 0 Å². The molecule has 1 unspecified atom stereocenters. The van der Waals surface area contributed by atoms with Gasteiger partial charge in [0, 0.05) is 24.7 Å². The van der Waals surface area contributed by atoms with Crippen LogP contribution in [0.3, 0.4) is 0 Å². The van der Waals surface area contributed by atoms with Gasteiger partial charge in [-0.1, -0.05) is 17.7 Å². The molecule has 0 aliphatic heterocycles. The summed E-state index contributed by atoms with van der Waals surface area (Å²) in [5.74, 6) is -3.45. The summed E-state index contributed by atoms with van der Waals surface area (Å²) in [6.07, 6.45) is 0. The van der Waals surface area contributed by atoms with Crippen LogP contribution in [0.15, 0.2) is 53.9 Å². The number of amides is 3. The number of phenolic OH excluding ortho intramolecular Hbond substituents is 2. The van der Waals surface area contributed by atoms with Gasteiger partial charge in [-0.25, -0.2) is 4.79 Å². The zero-order valence-corrected chi connectivity index (χ0v) is 19.5. The first-order valence-corrected chi connectivity index (χ1v) is 11.3. The number of aromatic hydroxyl groups is 2. The van der Waals surface area contributed by atoms with Crippen LogP contribution in [-0.4, -0.2) is 51.6 Å². The molecule has 35 heavy (non-hydrogen) atoms. The highest BCUT2D eigenvalue weighted by Crippen LogP contribution is 2.21. The van der Waals surface area contributed by atoms with E-state index in [0.717, 1.165) is 6.07 Å². The van der Waals surface area contributed by atoms with Crippen molar-refractivity contribution in [3.8, 4) is 11.5 Å². The standard InChI is InChI=1S/C23H20ClN3O7S/c24-17-8-13(20(30)25-10-12-6-14(28)9-15(29)7-12)3-4-16(17)21(31)27-18(23(33)34)11-26-22(32)19-2-1-5-35-19/h1-9,18,28-29H,10-11H2,(H,25,30)(H,26,32)(H,27,31)(H,33,34). The van der Waals surface area contributed by atoms with Gasteiger partial charge >= 0.3 is 5.97 Å². The van der Waals surface area contributed by atoms with Crippen molar-refractivity contribution in [2.45, 2.75) is 12.6 Å². The number of benzene rings is 2. The summed E-state index contributed by atoms with van der Waals surface area (Å²) in [5, 5.41) is 37.4. The molecule has 0 saturated heterocycles. The van der Waals surface area contributed by atoms with E-state index in [1.54, 1.807) is 17.5 Å². The number of phenols is 2. The van der Waals surface area contributed by atoms with Gasteiger partial charge in [-0.2, -0.15) is 0 Å². The highest BCUT2D eigenvalue weighted by atomic mass is 35.5. The van der Waals surface area contributed by atoms with Crippen molar-refractivity contribution < 1.29 is 34.5 Å². The summed E-state index contributed by atoms with van der Waals surface area (Å²) in [4.78, 5) is 49.0. The first-order chi connectivity index (χ1) is 16.6. The molecule has 6 N–H and O–H groups in total. The van der Waals surface area contributed by atoms with Gasteiger partial charge in [0.05, 0.1) is 15.5 Å². The smallest absolute Gasteiger partial charge is 0.328 e. The van der Waals surface area contributed by atoms with Crippen molar-refractivity contribution in [1.82, 2.24) is 16.0 Å². The van der Waals surface area contributed by atoms with Gasteiger partial charge in [0.2, 0.25) is 0 Å². The third-order valence-corrected chi connectivity index (χ3v) is 5.89. The van der Waals surface area contributed by atoms with E-state index in [-0.39, 0.29) is 40.7 Å². The van der Waals surface area contributed by atoms with E-state index in [1.165, 1.54) is 41.7 Å². The summed E-state index contributed by atoms with van der Waals surface area (Å²) in [5.41, 5.74) is 0.537. The Balaban J connectivity index is 1.61. The number of aliphatic carboxylic acids is 1. The molecule has 3 rings (SSSR count). The van der Waals surface area contributed by atoms with Crippen LogP contribution in [0.5, 0.6) is 11.5 Å². The summed E-state index contributed by atoms with van der Waals surface area (Å²) in [7, 11) is 0. The van der Waals surface area contributed by atoms with E-state index in [2.05, 4.69) is 16.0 Å². The topological polar surface area (TPSA) is 165 Å². The minimum Gasteiger partial charge on any atom is -0.508 e. The summed E-state index contributed by atoms with van der Waals surface area (Å²) >= 11 is 7.35. The van der Waals surface area contributed by atoms with Gasteiger partial charge in [0.25, 0.3) is 17.7 Å². The van der Waals surface area contributed by atoms with Gasteiger partial charge in [-0.05, 0) is 47.3 Å². The quantitative estimate of drug-likeness (QED) is 0.253. The number of carbonyl (C=O) groups is 4.